The summed E-state index contributed by atoms with van der Waals surface area (Å²) in [5, 5.41) is 9.88. The largest absolute Gasteiger partial charge is 0.481 e. The van der Waals surface area contributed by atoms with Gasteiger partial charge in [0.2, 0.25) is 17.7 Å². The van der Waals surface area contributed by atoms with Crippen LogP contribution in [0.25, 0.3) is 22.5 Å². The average Bonchev–Trinajstić information content (AvgIpc) is 3.73. The van der Waals surface area contributed by atoms with Crippen LogP contribution in [-0.2, 0) is 36.1 Å². The molecule has 278 valence electrons. The molecule has 3 N–H and O–H groups in total. The molecular weight excluding hydrogens is 717 g/mol. The molecule has 13 nitrogen and oxygen atoms in total. The van der Waals surface area contributed by atoms with Crippen LogP contribution in [0, 0.1) is 5.92 Å². The second-order valence-corrected chi connectivity index (χ2v) is 14.7. The number of halogens is 2. The zero-order chi connectivity index (χ0) is 37.2. The first kappa shape index (κ1) is 36.8. The standard InChI is InChI=1S/C38H43Cl2N9O4/c1-47-16-5-6-23(20-47)38(52)49-17-14-30-29(21-49)44-35(48(30)2)36(51)45-28-8-4-7-26(32(28)39)34-33(40)25(13-15-42-34)27-11-9-22(37(46-27)53-3)18-41-19-24-10-12-31(50)43-24/h4,7-9,11,13,15,23-24,41H,5-6,10,12,14,16-21H2,1-3H3,(H,43,50)(H,45,51)/t23-,24+/m0/s1. The van der Waals surface area contributed by atoms with Gasteiger partial charge in [-0.25, -0.2) is 9.97 Å². The highest BCUT2D eigenvalue weighted by Crippen LogP contribution is 2.40. The van der Waals surface area contributed by atoms with Crippen LogP contribution in [0.5, 0.6) is 5.88 Å². The molecule has 0 aliphatic carbocycles. The van der Waals surface area contributed by atoms with Gasteiger partial charge in [0.1, 0.15) is 0 Å². The van der Waals surface area contributed by atoms with Crippen molar-refractivity contribution in [3.8, 4) is 28.4 Å². The molecule has 0 radical (unpaired) electrons. The van der Waals surface area contributed by atoms with Crippen molar-refractivity contribution in [3.05, 3.63) is 75.4 Å². The van der Waals surface area contributed by atoms with Gasteiger partial charge in [-0.05, 0) is 51.1 Å². The van der Waals surface area contributed by atoms with E-state index in [1.165, 1.54) is 0 Å². The summed E-state index contributed by atoms with van der Waals surface area (Å²) in [6.45, 7) is 3.93. The summed E-state index contributed by atoms with van der Waals surface area (Å²) in [4.78, 5) is 56.6. The summed E-state index contributed by atoms with van der Waals surface area (Å²) < 4.78 is 7.43. The third-order valence-corrected chi connectivity index (χ3v) is 11.1. The number of nitrogens with zero attached hydrogens (tertiary/aromatic N) is 6. The minimum absolute atomic E-state index is 0.00780. The van der Waals surface area contributed by atoms with Crippen molar-refractivity contribution in [1.82, 2.24) is 40.0 Å². The fourth-order valence-corrected chi connectivity index (χ4v) is 8.08. The molecule has 3 aliphatic heterocycles. The van der Waals surface area contributed by atoms with Crippen molar-refractivity contribution >= 4 is 46.6 Å². The van der Waals surface area contributed by atoms with Crippen molar-refractivity contribution in [1.29, 1.82) is 0 Å². The van der Waals surface area contributed by atoms with E-state index in [0.29, 0.717) is 78.1 Å². The number of nitrogens with one attached hydrogen (secondary N) is 3. The van der Waals surface area contributed by atoms with Crippen LogP contribution >= 0.6 is 23.2 Å². The number of rotatable bonds is 10. The maximum atomic E-state index is 13.7. The quantitative estimate of drug-likeness (QED) is 0.209. The molecule has 6 heterocycles. The predicted octanol–water partition coefficient (Wildman–Crippen LogP) is 4.71. The Morgan fingerprint density at radius 3 is 2.64 bits per heavy atom. The molecule has 3 aromatic heterocycles. The second kappa shape index (κ2) is 15.8. The minimum Gasteiger partial charge on any atom is -0.481 e. The number of carbonyl (C=O) groups is 3. The van der Waals surface area contributed by atoms with Crippen LogP contribution in [0.2, 0.25) is 10.0 Å². The van der Waals surface area contributed by atoms with Crippen molar-refractivity contribution in [3.63, 3.8) is 0 Å². The number of ether oxygens (including phenoxy) is 1. The number of benzene rings is 1. The maximum absolute atomic E-state index is 13.7. The summed E-state index contributed by atoms with van der Waals surface area (Å²) in [7, 11) is 5.45. The van der Waals surface area contributed by atoms with Gasteiger partial charge in [-0.2, -0.15) is 0 Å². The Morgan fingerprint density at radius 2 is 1.87 bits per heavy atom. The number of pyridine rings is 2. The molecule has 0 bridgehead atoms. The van der Waals surface area contributed by atoms with Crippen LogP contribution < -0.4 is 20.7 Å². The Kier molecular flexibility index (Phi) is 11.0. The lowest BCUT2D eigenvalue weighted by Gasteiger charge is -2.34. The van der Waals surface area contributed by atoms with Crippen LogP contribution in [0.3, 0.4) is 0 Å². The van der Waals surface area contributed by atoms with Crippen molar-refractivity contribution in [2.24, 2.45) is 13.0 Å². The normalized spacial score (nSPS) is 18.8. The number of piperidine rings is 1. The van der Waals surface area contributed by atoms with E-state index in [4.69, 9.17) is 37.9 Å². The Morgan fingerprint density at radius 1 is 1.02 bits per heavy atom. The molecule has 0 unspecified atom stereocenters. The first-order valence-corrected chi connectivity index (χ1v) is 18.7. The van der Waals surface area contributed by atoms with E-state index in [2.05, 4.69) is 32.9 Å². The fourth-order valence-electron chi connectivity index (χ4n) is 7.51. The lowest BCUT2D eigenvalue weighted by molar-refractivity contribution is -0.138. The van der Waals surface area contributed by atoms with Gasteiger partial charge in [0.15, 0.2) is 5.82 Å². The van der Waals surface area contributed by atoms with Gasteiger partial charge in [0, 0.05) is 80.7 Å². The topological polar surface area (TPSA) is 147 Å². The lowest BCUT2D eigenvalue weighted by Crippen LogP contribution is -2.45. The molecule has 0 spiro atoms. The van der Waals surface area contributed by atoms with Crippen LogP contribution in [0.4, 0.5) is 5.69 Å². The van der Waals surface area contributed by atoms with Gasteiger partial charge in [0.25, 0.3) is 5.91 Å². The third-order valence-electron chi connectivity index (χ3n) is 10.3. The summed E-state index contributed by atoms with van der Waals surface area (Å²) in [5.74, 6) is 0.511. The van der Waals surface area contributed by atoms with E-state index < -0.39 is 5.91 Å². The SMILES string of the molecule is COc1nc(-c2ccnc(-c3cccc(NC(=O)c4nc5c(n4C)CCN(C(=O)[C@H]4CCCN(C)C4)C5)c3Cl)c2Cl)ccc1CNC[C@H]1CCC(=O)N1. The highest BCUT2D eigenvalue weighted by Gasteiger charge is 2.33. The minimum atomic E-state index is -0.417. The molecular formula is C38H43Cl2N9O4. The number of hydrogen-bond donors (Lipinski definition) is 3. The molecule has 7 rings (SSSR count). The molecule has 3 aliphatic rings. The van der Waals surface area contributed by atoms with Gasteiger partial charge in [0.05, 0.1) is 52.4 Å². The van der Waals surface area contributed by atoms with Gasteiger partial charge in [-0.1, -0.05) is 41.4 Å². The van der Waals surface area contributed by atoms with E-state index in [9.17, 15) is 14.4 Å². The van der Waals surface area contributed by atoms with E-state index in [-0.39, 0.29) is 34.6 Å². The van der Waals surface area contributed by atoms with E-state index in [1.807, 2.05) is 24.1 Å². The van der Waals surface area contributed by atoms with Crippen LogP contribution in [0.1, 0.15) is 53.3 Å². The molecule has 2 fully saturated rings. The number of methoxy groups -OCH3 is 1. The monoisotopic (exact) mass is 759 g/mol. The third kappa shape index (κ3) is 7.75. The summed E-state index contributed by atoms with van der Waals surface area (Å²) in [6, 6.07) is 11.0. The molecule has 1 aromatic carbocycles. The number of fused-ring (bicyclic) bond motifs is 1. The van der Waals surface area contributed by atoms with Crippen molar-refractivity contribution < 1.29 is 19.1 Å². The second-order valence-electron chi connectivity index (χ2n) is 13.9. The summed E-state index contributed by atoms with van der Waals surface area (Å²) >= 11 is 13.9. The van der Waals surface area contributed by atoms with Gasteiger partial charge < -0.3 is 35.1 Å². The molecule has 2 saturated heterocycles. The smallest absolute Gasteiger partial charge is 0.291 e. The fraction of sp³-hybridized carbons (Fsp3) is 0.421. The number of hydrogen-bond acceptors (Lipinski definition) is 9. The molecule has 0 saturated carbocycles. The Labute approximate surface area is 318 Å². The van der Waals surface area contributed by atoms with E-state index in [0.717, 1.165) is 49.3 Å². The van der Waals surface area contributed by atoms with Crippen LogP contribution in [0.15, 0.2) is 42.6 Å². The lowest BCUT2D eigenvalue weighted by atomic mass is 9.96. The Hall–Kier alpha value is -4.56. The van der Waals surface area contributed by atoms with E-state index in [1.54, 1.807) is 42.1 Å². The van der Waals surface area contributed by atoms with Crippen LogP contribution in [-0.4, -0.2) is 93.4 Å². The highest BCUT2D eigenvalue weighted by molar-refractivity contribution is 6.39. The van der Waals surface area contributed by atoms with E-state index >= 15 is 0 Å². The molecule has 53 heavy (non-hydrogen) atoms. The number of amides is 3. The molecule has 2 atom stereocenters. The first-order chi connectivity index (χ1) is 25.6. The predicted molar refractivity (Wildman–Crippen MR) is 203 cm³/mol. The number of likely N-dealkylation sites (tertiary alicyclic amines) is 1. The number of anilines is 1. The van der Waals surface area contributed by atoms with Gasteiger partial charge in [-0.15, -0.1) is 0 Å². The van der Waals surface area contributed by atoms with Crippen molar-refractivity contribution in [2.45, 2.75) is 51.2 Å². The number of aromatic nitrogens is 4. The number of carbonyl (C=O) groups excluding carboxylic acids is 3. The zero-order valence-electron chi connectivity index (χ0n) is 30.0. The Bertz CT molecular complexity index is 2050. The summed E-state index contributed by atoms with van der Waals surface area (Å²) in [5.41, 5.74) is 5.11. The first-order valence-electron chi connectivity index (χ1n) is 17.9. The van der Waals surface area contributed by atoms with Gasteiger partial charge in [-0.3, -0.25) is 19.4 Å². The van der Waals surface area contributed by atoms with Crippen molar-refractivity contribution in [2.75, 3.05) is 45.7 Å². The molecule has 3 amide bonds. The summed E-state index contributed by atoms with van der Waals surface area (Å²) in [6.07, 6.45) is 5.54. The highest BCUT2D eigenvalue weighted by atomic mass is 35.5. The number of imidazole rings is 1. The maximum Gasteiger partial charge on any atom is 0.291 e. The molecule has 15 heteroatoms. The zero-order valence-corrected chi connectivity index (χ0v) is 31.6. The molecule has 4 aromatic rings. The van der Waals surface area contributed by atoms with Gasteiger partial charge >= 0.3 is 0 Å². The Balaban J connectivity index is 1.06. The average molecular weight is 761 g/mol.